The van der Waals surface area contributed by atoms with Crippen molar-refractivity contribution in [3.63, 3.8) is 0 Å². The summed E-state index contributed by atoms with van der Waals surface area (Å²) in [5.41, 5.74) is 1.22. The lowest BCUT2D eigenvalue weighted by Gasteiger charge is -2.31. The van der Waals surface area contributed by atoms with Gasteiger partial charge in [-0.2, -0.15) is 0 Å². The molecule has 0 aromatic heterocycles. The summed E-state index contributed by atoms with van der Waals surface area (Å²) in [5.74, 6) is 0. The van der Waals surface area contributed by atoms with Crippen LogP contribution in [0.15, 0.2) is 29.2 Å². The Kier molecular flexibility index (Phi) is 3.95. The molecular weight excluding hydrogens is 198 g/mol. The zero-order valence-electron chi connectivity index (χ0n) is 8.53. The molecule has 1 aromatic carbocycles. The molecule has 0 radical (unpaired) electrons. The molecule has 0 saturated carbocycles. The van der Waals surface area contributed by atoms with Crippen molar-refractivity contribution in [3.05, 3.63) is 29.8 Å². The maximum absolute atomic E-state index is 9.54. The summed E-state index contributed by atoms with van der Waals surface area (Å²) in [4.78, 5) is 0.542. The van der Waals surface area contributed by atoms with Gasteiger partial charge in [0.2, 0.25) is 0 Å². The number of aryl methyl sites for hydroxylation is 1. The van der Waals surface area contributed by atoms with Crippen LogP contribution in [0.25, 0.3) is 0 Å². The summed E-state index contributed by atoms with van der Waals surface area (Å²) in [7, 11) is -1.24. The van der Waals surface area contributed by atoms with Gasteiger partial charge in [-0.25, -0.2) is 4.72 Å². The van der Waals surface area contributed by atoms with Gasteiger partial charge in [-0.05, 0) is 24.1 Å². The maximum Gasteiger partial charge on any atom is 0.0750 e. The van der Waals surface area contributed by atoms with Crippen LogP contribution in [0.3, 0.4) is 0 Å². The lowest BCUT2D eigenvalue weighted by molar-refractivity contribution is 0.476. The molecule has 0 spiro atoms. The van der Waals surface area contributed by atoms with Crippen LogP contribution in [0.5, 0.6) is 0 Å². The fourth-order valence-corrected chi connectivity index (χ4v) is 2.00. The summed E-state index contributed by atoms with van der Waals surface area (Å²) < 4.78 is 21.6. The van der Waals surface area contributed by atoms with Crippen LogP contribution in [0.4, 0.5) is 0 Å². The second-order valence-electron chi connectivity index (χ2n) is 3.15. The summed E-state index contributed by atoms with van der Waals surface area (Å²) in [6, 6.07) is 7.39. The highest BCUT2D eigenvalue weighted by molar-refractivity contribution is 8.22. The quantitative estimate of drug-likeness (QED) is 0.724. The summed E-state index contributed by atoms with van der Waals surface area (Å²) in [6.45, 7) is 2.12. The van der Waals surface area contributed by atoms with Crippen molar-refractivity contribution in [2.45, 2.75) is 24.7 Å². The third kappa shape index (κ3) is 2.72. The van der Waals surface area contributed by atoms with Crippen molar-refractivity contribution in [3.8, 4) is 0 Å². The third-order valence-electron chi connectivity index (χ3n) is 2.08. The molecule has 0 amide bonds. The molecule has 0 fully saturated rings. The first-order valence-electron chi connectivity index (χ1n) is 4.66. The maximum atomic E-state index is 9.54. The molecule has 3 N–H and O–H groups in total. The molecular formula is C10H17NO2S. The Morgan fingerprint density at radius 1 is 1.21 bits per heavy atom. The molecule has 0 saturated heterocycles. The minimum atomic E-state index is -2.78. The molecule has 0 aliphatic carbocycles. The Bertz CT molecular complexity index is 285. The molecule has 0 atom stereocenters. The Balaban J connectivity index is 2.82. The molecule has 3 nitrogen and oxygen atoms in total. The highest BCUT2D eigenvalue weighted by Gasteiger charge is 2.11. The SMILES string of the molecule is CCCc1ccc(S(O)(O)NC)cc1. The number of nitrogens with one attached hydrogen (secondary N) is 1. The first-order chi connectivity index (χ1) is 6.60. The second kappa shape index (κ2) is 4.79. The summed E-state index contributed by atoms with van der Waals surface area (Å²) in [5, 5.41) is 0. The van der Waals surface area contributed by atoms with E-state index in [9.17, 15) is 9.11 Å². The Labute approximate surface area is 86.6 Å². The van der Waals surface area contributed by atoms with E-state index in [0.29, 0.717) is 4.90 Å². The topological polar surface area (TPSA) is 52.5 Å². The first kappa shape index (κ1) is 11.5. The van der Waals surface area contributed by atoms with Crippen molar-refractivity contribution < 1.29 is 9.11 Å². The molecule has 14 heavy (non-hydrogen) atoms. The molecule has 4 heteroatoms. The summed E-state index contributed by atoms with van der Waals surface area (Å²) in [6.07, 6.45) is 2.13. The lowest BCUT2D eigenvalue weighted by atomic mass is 10.1. The number of benzene rings is 1. The van der Waals surface area contributed by atoms with Crippen LogP contribution in [0.2, 0.25) is 0 Å². The molecule has 1 rings (SSSR count). The number of hydrogen-bond acceptors (Lipinski definition) is 3. The van der Waals surface area contributed by atoms with E-state index in [-0.39, 0.29) is 0 Å². The molecule has 0 aliphatic rings. The van der Waals surface area contributed by atoms with Crippen LogP contribution >= 0.6 is 10.8 Å². The molecule has 0 bridgehead atoms. The van der Waals surface area contributed by atoms with Crippen LogP contribution in [0.1, 0.15) is 18.9 Å². The fraction of sp³-hybridized carbons (Fsp3) is 0.400. The second-order valence-corrected chi connectivity index (χ2v) is 5.12. The summed E-state index contributed by atoms with van der Waals surface area (Å²) >= 11 is 0. The van der Waals surface area contributed by atoms with Crippen molar-refractivity contribution in [2.24, 2.45) is 0 Å². The van der Waals surface area contributed by atoms with Crippen LogP contribution in [-0.2, 0) is 6.42 Å². The zero-order valence-corrected chi connectivity index (χ0v) is 9.34. The van der Waals surface area contributed by atoms with E-state index in [1.54, 1.807) is 12.1 Å². The first-order valence-corrected chi connectivity index (χ1v) is 6.20. The highest BCUT2D eigenvalue weighted by Crippen LogP contribution is 2.42. The largest absolute Gasteiger partial charge is 0.282 e. The van der Waals surface area contributed by atoms with Gasteiger partial charge in [0.25, 0.3) is 0 Å². The third-order valence-corrected chi connectivity index (χ3v) is 3.57. The van der Waals surface area contributed by atoms with Crippen molar-refractivity contribution >= 4 is 10.8 Å². The van der Waals surface area contributed by atoms with E-state index in [1.807, 2.05) is 12.1 Å². The fourth-order valence-electron chi connectivity index (χ4n) is 1.25. The van der Waals surface area contributed by atoms with Crippen LogP contribution in [-0.4, -0.2) is 16.2 Å². The van der Waals surface area contributed by atoms with Crippen molar-refractivity contribution in [1.29, 1.82) is 0 Å². The van der Waals surface area contributed by atoms with Crippen LogP contribution in [0, 0.1) is 0 Å². The minimum absolute atomic E-state index is 0.542. The van der Waals surface area contributed by atoms with E-state index in [0.717, 1.165) is 12.8 Å². The van der Waals surface area contributed by atoms with E-state index in [4.69, 9.17) is 0 Å². The Morgan fingerprint density at radius 3 is 2.21 bits per heavy atom. The van der Waals surface area contributed by atoms with Gasteiger partial charge in [0.05, 0.1) is 4.90 Å². The predicted molar refractivity (Wildman–Crippen MR) is 60.6 cm³/mol. The zero-order chi connectivity index (χ0) is 10.6. The van der Waals surface area contributed by atoms with Gasteiger partial charge >= 0.3 is 0 Å². The molecule has 0 unspecified atom stereocenters. The normalized spacial score (nSPS) is 12.9. The Morgan fingerprint density at radius 2 is 1.79 bits per heavy atom. The average molecular weight is 215 g/mol. The Hall–Kier alpha value is -0.550. The van der Waals surface area contributed by atoms with Gasteiger partial charge in [-0.15, -0.1) is 10.8 Å². The predicted octanol–water partition coefficient (Wildman–Crippen LogP) is 2.88. The van der Waals surface area contributed by atoms with Gasteiger partial charge in [-0.3, -0.25) is 9.11 Å². The van der Waals surface area contributed by atoms with E-state index in [1.165, 1.54) is 12.6 Å². The molecule has 0 aliphatic heterocycles. The van der Waals surface area contributed by atoms with E-state index in [2.05, 4.69) is 11.6 Å². The number of rotatable bonds is 4. The van der Waals surface area contributed by atoms with Gasteiger partial charge in [0, 0.05) is 7.05 Å². The van der Waals surface area contributed by atoms with Gasteiger partial charge in [0.15, 0.2) is 0 Å². The van der Waals surface area contributed by atoms with Crippen LogP contribution < -0.4 is 4.72 Å². The monoisotopic (exact) mass is 215 g/mol. The van der Waals surface area contributed by atoms with Crippen molar-refractivity contribution in [1.82, 2.24) is 4.72 Å². The average Bonchev–Trinajstić information content (AvgIpc) is 2.19. The smallest absolute Gasteiger partial charge is 0.0750 e. The van der Waals surface area contributed by atoms with E-state index < -0.39 is 10.8 Å². The number of hydrogen-bond donors (Lipinski definition) is 3. The molecule has 80 valence electrons. The standard InChI is InChI=1S/C10H17NO2S/c1-3-4-9-5-7-10(8-6-9)14(12,13)11-2/h5-8,11-13H,3-4H2,1-2H3. The molecule has 1 aromatic rings. The highest BCUT2D eigenvalue weighted by atomic mass is 32.3. The van der Waals surface area contributed by atoms with E-state index >= 15 is 0 Å². The van der Waals surface area contributed by atoms with Gasteiger partial charge < -0.3 is 0 Å². The van der Waals surface area contributed by atoms with Gasteiger partial charge in [-0.1, -0.05) is 25.5 Å². The van der Waals surface area contributed by atoms with Gasteiger partial charge in [0.1, 0.15) is 0 Å². The molecule has 0 heterocycles. The lowest BCUT2D eigenvalue weighted by Crippen LogP contribution is -2.14. The van der Waals surface area contributed by atoms with Crippen molar-refractivity contribution in [2.75, 3.05) is 7.05 Å². The minimum Gasteiger partial charge on any atom is -0.282 e.